The van der Waals surface area contributed by atoms with Crippen LogP contribution in [-0.2, 0) is 9.47 Å². The van der Waals surface area contributed by atoms with Crippen molar-refractivity contribution in [3.63, 3.8) is 0 Å². The first-order chi connectivity index (χ1) is 15.2. The summed E-state index contributed by atoms with van der Waals surface area (Å²) in [4.78, 5) is 8.67. The second-order valence-electron chi connectivity index (χ2n) is 7.47. The first kappa shape index (κ1) is 20.2. The number of rotatable bonds is 6. The molecule has 0 radical (unpaired) electrons. The molecule has 9 heteroatoms. The van der Waals surface area contributed by atoms with Gasteiger partial charge < -0.3 is 24.3 Å². The quantitative estimate of drug-likeness (QED) is 0.598. The average Bonchev–Trinajstić information content (AvgIpc) is 3.47. The van der Waals surface area contributed by atoms with Crippen molar-refractivity contribution in [2.24, 2.45) is 0 Å². The summed E-state index contributed by atoms with van der Waals surface area (Å²) in [5.74, 6) is 1.05. The molecule has 2 fully saturated rings. The van der Waals surface area contributed by atoms with E-state index in [1.807, 2.05) is 12.1 Å². The molecule has 2 aliphatic heterocycles. The zero-order valence-electron chi connectivity index (χ0n) is 16.6. The standard InChI is InChI=1S/C22H21ClFN3O4/c23-16-2-1-3-17(21(16)24)27-22-15-8-19(30-13-4-6-28-10-13)20(9-18(15)25-12-26-22)31-14-5-7-29-11-14/h1-3,8-9,12-14H,4-7,10-11H2,(H,25,26,27)/t13-,14-/m1/s1. The maximum atomic E-state index is 14.4. The molecule has 2 atom stereocenters. The van der Waals surface area contributed by atoms with Gasteiger partial charge in [0.15, 0.2) is 17.3 Å². The average molecular weight is 446 g/mol. The zero-order chi connectivity index (χ0) is 21.2. The third kappa shape index (κ3) is 4.37. The number of benzene rings is 2. The van der Waals surface area contributed by atoms with Crippen LogP contribution in [-0.4, -0.2) is 48.6 Å². The van der Waals surface area contributed by atoms with E-state index < -0.39 is 5.82 Å². The summed E-state index contributed by atoms with van der Waals surface area (Å²) < 4.78 is 37.7. The molecule has 0 spiro atoms. The minimum atomic E-state index is -0.545. The Morgan fingerprint density at radius 1 is 1.00 bits per heavy atom. The van der Waals surface area contributed by atoms with Gasteiger partial charge in [-0.05, 0) is 18.2 Å². The van der Waals surface area contributed by atoms with Gasteiger partial charge in [-0.25, -0.2) is 14.4 Å². The van der Waals surface area contributed by atoms with E-state index in [1.165, 1.54) is 12.4 Å². The molecule has 2 aliphatic rings. The maximum absolute atomic E-state index is 14.4. The highest BCUT2D eigenvalue weighted by molar-refractivity contribution is 6.31. The summed E-state index contributed by atoms with van der Waals surface area (Å²) in [5.41, 5.74) is 0.867. The van der Waals surface area contributed by atoms with Crippen molar-refractivity contribution >= 4 is 34.0 Å². The lowest BCUT2D eigenvalue weighted by molar-refractivity contribution is 0.123. The topological polar surface area (TPSA) is 74.7 Å². The van der Waals surface area contributed by atoms with Crippen LogP contribution < -0.4 is 14.8 Å². The van der Waals surface area contributed by atoms with Gasteiger partial charge in [0, 0.05) is 24.3 Å². The fourth-order valence-corrected chi connectivity index (χ4v) is 3.82. The van der Waals surface area contributed by atoms with Crippen molar-refractivity contribution in [1.82, 2.24) is 9.97 Å². The van der Waals surface area contributed by atoms with E-state index in [2.05, 4.69) is 15.3 Å². The predicted octanol–water partition coefficient (Wildman–Crippen LogP) is 4.50. The van der Waals surface area contributed by atoms with Gasteiger partial charge in [0.05, 0.1) is 42.7 Å². The van der Waals surface area contributed by atoms with Gasteiger partial charge in [0.1, 0.15) is 24.4 Å². The molecule has 2 aromatic carbocycles. The van der Waals surface area contributed by atoms with Crippen LogP contribution in [0.25, 0.3) is 10.9 Å². The molecule has 5 rings (SSSR count). The van der Waals surface area contributed by atoms with Crippen molar-refractivity contribution in [3.05, 3.63) is 47.5 Å². The zero-order valence-corrected chi connectivity index (χ0v) is 17.4. The Bertz CT molecular complexity index is 1090. The number of aromatic nitrogens is 2. The fraction of sp³-hybridized carbons (Fsp3) is 0.364. The molecule has 0 amide bonds. The lowest BCUT2D eigenvalue weighted by atomic mass is 10.2. The fourth-order valence-electron chi connectivity index (χ4n) is 3.65. The molecule has 0 unspecified atom stereocenters. The SMILES string of the molecule is Fc1c(Cl)cccc1Nc1ncnc2cc(O[C@@H]3CCOC3)c(O[C@@H]3CCOC3)cc12. The van der Waals surface area contributed by atoms with Gasteiger partial charge in [0.2, 0.25) is 0 Å². The Kier molecular flexibility index (Phi) is 5.76. The highest BCUT2D eigenvalue weighted by Crippen LogP contribution is 2.37. The summed E-state index contributed by atoms with van der Waals surface area (Å²) in [6.45, 7) is 2.39. The number of anilines is 2. The minimum Gasteiger partial charge on any atom is -0.484 e. The van der Waals surface area contributed by atoms with Gasteiger partial charge in [-0.15, -0.1) is 0 Å². The molecular weight excluding hydrogens is 425 g/mol. The molecule has 0 aliphatic carbocycles. The minimum absolute atomic E-state index is 0.0306. The Hall–Kier alpha value is -2.68. The molecule has 7 nitrogen and oxygen atoms in total. The lowest BCUT2D eigenvalue weighted by Gasteiger charge is -2.20. The number of ether oxygens (including phenoxy) is 4. The van der Waals surface area contributed by atoms with Gasteiger partial charge in [-0.2, -0.15) is 0 Å². The molecule has 1 aromatic heterocycles. The van der Waals surface area contributed by atoms with Crippen LogP contribution in [0, 0.1) is 5.82 Å². The van der Waals surface area contributed by atoms with Crippen LogP contribution in [0.4, 0.5) is 15.9 Å². The van der Waals surface area contributed by atoms with Crippen molar-refractivity contribution < 1.29 is 23.3 Å². The third-order valence-corrected chi connectivity index (χ3v) is 5.56. The monoisotopic (exact) mass is 445 g/mol. The smallest absolute Gasteiger partial charge is 0.165 e. The number of halogens is 2. The van der Waals surface area contributed by atoms with Crippen molar-refractivity contribution in [2.75, 3.05) is 31.7 Å². The van der Waals surface area contributed by atoms with Crippen LogP contribution in [0.3, 0.4) is 0 Å². The molecule has 31 heavy (non-hydrogen) atoms. The van der Waals surface area contributed by atoms with E-state index in [1.54, 1.807) is 12.1 Å². The summed E-state index contributed by atoms with van der Waals surface area (Å²) in [6, 6.07) is 8.40. The first-order valence-electron chi connectivity index (χ1n) is 10.2. The van der Waals surface area contributed by atoms with Gasteiger partial charge in [0.25, 0.3) is 0 Å². The lowest BCUT2D eigenvalue weighted by Crippen LogP contribution is -2.19. The summed E-state index contributed by atoms with van der Waals surface area (Å²) in [5, 5.41) is 3.72. The van der Waals surface area contributed by atoms with Crippen LogP contribution in [0.2, 0.25) is 5.02 Å². The van der Waals surface area contributed by atoms with E-state index in [0.29, 0.717) is 54.6 Å². The normalized spacial score (nSPS) is 20.8. The summed E-state index contributed by atoms with van der Waals surface area (Å²) in [6.07, 6.45) is 2.93. The van der Waals surface area contributed by atoms with Crippen molar-refractivity contribution in [3.8, 4) is 11.5 Å². The predicted molar refractivity (Wildman–Crippen MR) is 114 cm³/mol. The largest absolute Gasteiger partial charge is 0.484 e. The van der Waals surface area contributed by atoms with Crippen LogP contribution >= 0.6 is 11.6 Å². The third-order valence-electron chi connectivity index (χ3n) is 5.27. The van der Waals surface area contributed by atoms with E-state index in [-0.39, 0.29) is 22.9 Å². The molecule has 162 valence electrons. The van der Waals surface area contributed by atoms with Crippen molar-refractivity contribution in [1.29, 1.82) is 0 Å². The maximum Gasteiger partial charge on any atom is 0.165 e. The molecule has 1 N–H and O–H groups in total. The Morgan fingerprint density at radius 3 is 2.39 bits per heavy atom. The molecule has 0 saturated carbocycles. The number of fused-ring (bicyclic) bond motifs is 1. The van der Waals surface area contributed by atoms with E-state index >= 15 is 0 Å². The molecular formula is C22H21ClFN3O4. The first-order valence-corrected chi connectivity index (χ1v) is 10.5. The Labute approximate surface area is 183 Å². The number of hydrogen-bond donors (Lipinski definition) is 1. The van der Waals surface area contributed by atoms with Crippen LogP contribution in [0.1, 0.15) is 12.8 Å². The molecule has 3 aromatic rings. The number of nitrogens with zero attached hydrogens (tertiary/aromatic N) is 2. The number of hydrogen-bond acceptors (Lipinski definition) is 7. The summed E-state index contributed by atoms with van der Waals surface area (Å²) >= 11 is 5.91. The second kappa shape index (κ2) is 8.82. The van der Waals surface area contributed by atoms with Gasteiger partial charge in [-0.1, -0.05) is 17.7 Å². The van der Waals surface area contributed by atoms with Gasteiger partial charge >= 0.3 is 0 Å². The highest BCUT2D eigenvalue weighted by atomic mass is 35.5. The van der Waals surface area contributed by atoms with E-state index in [4.69, 9.17) is 30.5 Å². The molecule has 0 bridgehead atoms. The Morgan fingerprint density at radius 2 is 1.71 bits per heavy atom. The molecule has 3 heterocycles. The van der Waals surface area contributed by atoms with E-state index in [0.717, 1.165) is 12.8 Å². The highest BCUT2D eigenvalue weighted by Gasteiger charge is 2.24. The van der Waals surface area contributed by atoms with E-state index in [9.17, 15) is 4.39 Å². The van der Waals surface area contributed by atoms with Crippen molar-refractivity contribution in [2.45, 2.75) is 25.0 Å². The van der Waals surface area contributed by atoms with Gasteiger partial charge in [-0.3, -0.25) is 0 Å². The van der Waals surface area contributed by atoms with Crippen LogP contribution in [0.5, 0.6) is 11.5 Å². The van der Waals surface area contributed by atoms with Crippen LogP contribution in [0.15, 0.2) is 36.7 Å². The second-order valence-corrected chi connectivity index (χ2v) is 7.88. The molecule has 2 saturated heterocycles. The number of nitrogens with one attached hydrogen (secondary N) is 1. The summed E-state index contributed by atoms with van der Waals surface area (Å²) in [7, 11) is 0. The Balaban J connectivity index is 1.53.